The molecule has 0 saturated heterocycles. The first-order valence-corrected chi connectivity index (χ1v) is 7.95. The van der Waals surface area contributed by atoms with E-state index in [2.05, 4.69) is 32.2 Å². The van der Waals surface area contributed by atoms with Crippen molar-refractivity contribution in [2.75, 3.05) is 0 Å². The number of benzene rings is 2. The Hall–Kier alpha value is -2.32. The zero-order chi connectivity index (χ0) is 16.7. The second-order valence-corrected chi connectivity index (χ2v) is 5.72. The highest BCUT2D eigenvalue weighted by Gasteiger charge is 2.28. The number of ether oxygens (including phenoxy) is 1. The van der Waals surface area contributed by atoms with E-state index in [-0.39, 0.29) is 0 Å². The molecule has 2 heteroatoms. The summed E-state index contributed by atoms with van der Waals surface area (Å²) in [5.41, 5.74) is 9.22. The van der Waals surface area contributed by atoms with Gasteiger partial charge in [0.25, 0.3) is 0 Å². The van der Waals surface area contributed by atoms with Crippen molar-refractivity contribution >= 4 is 0 Å². The van der Waals surface area contributed by atoms with Crippen LogP contribution in [0.15, 0.2) is 79.4 Å². The van der Waals surface area contributed by atoms with E-state index in [1.807, 2.05) is 48.5 Å². The average molecular weight is 307 g/mol. The highest BCUT2D eigenvalue weighted by molar-refractivity contribution is 5.38. The lowest BCUT2D eigenvalue weighted by molar-refractivity contribution is 0.306. The highest BCUT2D eigenvalue weighted by Crippen LogP contribution is 2.32. The van der Waals surface area contributed by atoms with Gasteiger partial charge in [-0.2, -0.15) is 0 Å². The molecule has 0 aliphatic heterocycles. The lowest BCUT2D eigenvalue weighted by Gasteiger charge is -2.31. The molecule has 120 valence electrons. The van der Waals surface area contributed by atoms with Crippen molar-refractivity contribution in [3.8, 4) is 5.75 Å². The Morgan fingerprint density at radius 3 is 2.35 bits per heavy atom. The van der Waals surface area contributed by atoms with Crippen LogP contribution in [-0.4, -0.2) is 0 Å². The first-order chi connectivity index (χ1) is 11.1. The number of hydrogen-bond acceptors (Lipinski definition) is 2. The topological polar surface area (TPSA) is 35.2 Å². The Balaban J connectivity index is 2.11. The van der Waals surface area contributed by atoms with E-state index in [4.69, 9.17) is 10.5 Å². The Morgan fingerprint density at radius 2 is 1.78 bits per heavy atom. The van der Waals surface area contributed by atoms with Crippen LogP contribution in [0.4, 0.5) is 0 Å². The fourth-order valence-corrected chi connectivity index (χ4v) is 2.60. The molecule has 2 rings (SSSR count). The largest absolute Gasteiger partial charge is 0.489 e. The van der Waals surface area contributed by atoms with Crippen molar-refractivity contribution in [3.63, 3.8) is 0 Å². The molecule has 0 fully saturated rings. The minimum atomic E-state index is -0.561. The average Bonchev–Trinajstić information content (AvgIpc) is 2.60. The summed E-state index contributed by atoms with van der Waals surface area (Å²) in [5.74, 6) is 0.834. The van der Waals surface area contributed by atoms with Crippen molar-refractivity contribution in [2.45, 2.75) is 31.9 Å². The van der Waals surface area contributed by atoms with E-state index < -0.39 is 5.54 Å². The molecule has 0 aliphatic rings. The fraction of sp³-hybridized carbons (Fsp3) is 0.238. The molecule has 0 radical (unpaired) electrons. The molecule has 0 aromatic heterocycles. The fourth-order valence-electron chi connectivity index (χ4n) is 2.60. The second-order valence-electron chi connectivity index (χ2n) is 5.72. The van der Waals surface area contributed by atoms with Crippen LogP contribution in [0.2, 0.25) is 0 Å². The summed E-state index contributed by atoms with van der Waals surface area (Å²) < 4.78 is 5.82. The molecule has 2 aromatic rings. The van der Waals surface area contributed by atoms with Gasteiger partial charge in [-0.3, -0.25) is 0 Å². The maximum Gasteiger partial charge on any atom is 0.119 e. The third-order valence-corrected chi connectivity index (χ3v) is 4.14. The molecule has 0 heterocycles. The molecule has 1 unspecified atom stereocenters. The van der Waals surface area contributed by atoms with Crippen molar-refractivity contribution in [3.05, 3.63) is 90.5 Å². The summed E-state index contributed by atoms with van der Waals surface area (Å²) in [6.45, 7) is 10.6. The maximum absolute atomic E-state index is 6.59. The normalized spacial score (nSPS) is 13.1. The quantitative estimate of drug-likeness (QED) is 0.699. The molecule has 0 amide bonds. The first-order valence-electron chi connectivity index (χ1n) is 7.95. The summed E-state index contributed by atoms with van der Waals surface area (Å²) >= 11 is 0. The Morgan fingerprint density at radius 1 is 1.13 bits per heavy atom. The Labute approximate surface area is 139 Å². The van der Waals surface area contributed by atoms with Gasteiger partial charge in [0.2, 0.25) is 0 Å². The molecule has 2 N–H and O–H groups in total. The van der Waals surface area contributed by atoms with E-state index in [1.165, 1.54) is 0 Å². The van der Waals surface area contributed by atoms with Crippen molar-refractivity contribution in [1.29, 1.82) is 0 Å². The molecular formula is C21H25NO. The third-order valence-electron chi connectivity index (χ3n) is 4.14. The van der Waals surface area contributed by atoms with Crippen molar-refractivity contribution in [2.24, 2.45) is 5.73 Å². The third kappa shape index (κ3) is 4.11. The molecule has 1 atom stereocenters. The summed E-state index contributed by atoms with van der Waals surface area (Å²) in [5, 5.41) is 0. The first kappa shape index (κ1) is 17.0. The van der Waals surface area contributed by atoms with Crippen LogP contribution in [0.3, 0.4) is 0 Å². The second kappa shape index (κ2) is 7.80. The van der Waals surface area contributed by atoms with Gasteiger partial charge >= 0.3 is 0 Å². The zero-order valence-electron chi connectivity index (χ0n) is 13.8. The number of rotatable bonds is 8. The van der Waals surface area contributed by atoms with Gasteiger partial charge < -0.3 is 10.5 Å². The number of hydrogen-bond donors (Lipinski definition) is 1. The molecule has 2 nitrogen and oxygen atoms in total. The smallest absolute Gasteiger partial charge is 0.119 e. The molecule has 23 heavy (non-hydrogen) atoms. The lowest BCUT2D eigenvalue weighted by Crippen LogP contribution is -2.37. The molecular weight excluding hydrogens is 282 g/mol. The van der Waals surface area contributed by atoms with Crippen LogP contribution in [0.5, 0.6) is 5.75 Å². The van der Waals surface area contributed by atoms with Crippen molar-refractivity contribution in [1.82, 2.24) is 0 Å². The minimum Gasteiger partial charge on any atom is -0.489 e. The van der Waals surface area contributed by atoms with Crippen LogP contribution in [0.1, 0.15) is 30.9 Å². The van der Waals surface area contributed by atoms with E-state index in [1.54, 1.807) is 0 Å². The van der Waals surface area contributed by atoms with E-state index in [0.29, 0.717) is 13.0 Å². The van der Waals surface area contributed by atoms with E-state index in [0.717, 1.165) is 28.9 Å². The van der Waals surface area contributed by atoms with Gasteiger partial charge in [-0.15, -0.1) is 6.58 Å². The highest BCUT2D eigenvalue weighted by atomic mass is 16.5. The summed E-state index contributed by atoms with van der Waals surface area (Å²) in [6, 6.07) is 18.1. The summed E-state index contributed by atoms with van der Waals surface area (Å²) in [6.07, 6.45) is 3.36. The zero-order valence-corrected chi connectivity index (χ0v) is 13.8. The molecule has 0 aliphatic carbocycles. The van der Waals surface area contributed by atoms with Gasteiger partial charge in [0.15, 0.2) is 0 Å². The van der Waals surface area contributed by atoms with E-state index >= 15 is 0 Å². The molecule has 0 bridgehead atoms. The Bertz CT molecular complexity index is 645. The predicted octanol–water partition coefficient (Wildman–Crippen LogP) is 4.96. The minimum absolute atomic E-state index is 0.558. The van der Waals surface area contributed by atoms with Gasteiger partial charge in [-0.05, 0) is 36.1 Å². The molecule has 0 spiro atoms. The standard InChI is InChI=1S/C21H25NO/c1-4-15-21(22,17(3)5-2)19-11-13-20(14-12-19)23-16-18-9-7-6-8-10-18/h4,6-14H,1,3,5,15-16,22H2,2H3. The van der Waals surface area contributed by atoms with E-state index in [9.17, 15) is 0 Å². The SMILES string of the molecule is C=CCC(N)(C(=C)CC)c1ccc(OCc2ccccc2)cc1. The predicted molar refractivity (Wildman–Crippen MR) is 97.3 cm³/mol. The lowest BCUT2D eigenvalue weighted by atomic mass is 9.80. The molecule has 2 aromatic carbocycles. The van der Waals surface area contributed by atoms with Crippen LogP contribution in [-0.2, 0) is 12.1 Å². The van der Waals surface area contributed by atoms with Crippen molar-refractivity contribution < 1.29 is 4.74 Å². The van der Waals surface area contributed by atoms with Gasteiger partial charge in [0.05, 0.1) is 5.54 Å². The monoisotopic (exact) mass is 307 g/mol. The van der Waals surface area contributed by atoms with Gasteiger partial charge in [-0.1, -0.05) is 67.6 Å². The maximum atomic E-state index is 6.59. The summed E-state index contributed by atoms with van der Waals surface area (Å²) in [7, 11) is 0. The van der Waals surface area contributed by atoms with Crippen LogP contribution < -0.4 is 10.5 Å². The molecule has 0 saturated carbocycles. The Kier molecular flexibility index (Phi) is 5.78. The van der Waals surface area contributed by atoms with Gasteiger partial charge in [0.1, 0.15) is 12.4 Å². The van der Waals surface area contributed by atoms with Crippen LogP contribution in [0.25, 0.3) is 0 Å². The van der Waals surface area contributed by atoms with Gasteiger partial charge in [0, 0.05) is 0 Å². The van der Waals surface area contributed by atoms with Gasteiger partial charge in [-0.25, -0.2) is 0 Å². The van der Waals surface area contributed by atoms with Crippen LogP contribution >= 0.6 is 0 Å². The number of nitrogens with two attached hydrogens (primary N) is 1. The van der Waals surface area contributed by atoms with Crippen LogP contribution in [0, 0.1) is 0 Å². The summed E-state index contributed by atoms with van der Waals surface area (Å²) in [4.78, 5) is 0.